The molecule has 1 aromatic rings. The fourth-order valence-electron chi connectivity index (χ4n) is 1.09. The Morgan fingerprint density at radius 3 is 2.80 bits per heavy atom. The third-order valence-corrected chi connectivity index (χ3v) is 3.82. The van der Waals surface area contributed by atoms with Crippen molar-refractivity contribution < 1.29 is 0 Å². The molecule has 0 radical (unpaired) electrons. The van der Waals surface area contributed by atoms with Crippen LogP contribution in [0.3, 0.4) is 0 Å². The lowest BCUT2D eigenvalue weighted by molar-refractivity contribution is 1.00. The quantitative estimate of drug-likeness (QED) is 0.769. The van der Waals surface area contributed by atoms with Crippen LogP contribution in [0.4, 0.5) is 0 Å². The van der Waals surface area contributed by atoms with E-state index in [-0.39, 0.29) is 0 Å². The van der Waals surface area contributed by atoms with Crippen LogP contribution in [0.2, 0.25) is 0 Å². The summed E-state index contributed by atoms with van der Waals surface area (Å²) in [6.07, 6.45) is 1.17. The Hall–Kier alpha value is 0.140. The van der Waals surface area contributed by atoms with Gasteiger partial charge in [0.15, 0.2) is 0 Å². The largest absolute Gasteiger partial charge is 0.327 e. The van der Waals surface area contributed by atoms with Crippen LogP contribution in [0.25, 0.3) is 0 Å². The fourth-order valence-corrected chi connectivity index (χ4v) is 2.94. The van der Waals surface area contributed by atoms with Crippen molar-refractivity contribution in [3.8, 4) is 0 Å². The SMILES string of the molecule is N[C@@H]1C[C@H]1c1sccc1Br. The van der Waals surface area contributed by atoms with Crippen LogP contribution in [0.15, 0.2) is 15.9 Å². The van der Waals surface area contributed by atoms with Gasteiger partial charge in [-0.3, -0.25) is 0 Å². The molecule has 0 unspecified atom stereocenters. The molecular formula is C7H8BrNS. The van der Waals surface area contributed by atoms with E-state index in [1.54, 1.807) is 11.3 Å². The minimum atomic E-state index is 0.426. The number of hydrogen-bond acceptors (Lipinski definition) is 2. The van der Waals surface area contributed by atoms with Gasteiger partial charge in [0.2, 0.25) is 0 Å². The van der Waals surface area contributed by atoms with E-state index in [9.17, 15) is 0 Å². The van der Waals surface area contributed by atoms with E-state index < -0.39 is 0 Å². The van der Waals surface area contributed by atoms with Crippen LogP contribution in [-0.4, -0.2) is 6.04 Å². The highest BCUT2D eigenvalue weighted by atomic mass is 79.9. The molecule has 1 aromatic heterocycles. The van der Waals surface area contributed by atoms with E-state index in [0.717, 1.165) is 0 Å². The molecular weight excluding hydrogens is 210 g/mol. The van der Waals surface area contributed by atoms with Gasteiger partial charge in [-0.1, -0.05) is 0 Å². The lowest BCUT2D eigenvalue weighted by Gasteiger charge is -1.91. The predicted octanol–water partition coefficient (Wildman–Crippen LogP) is 2.33. The Kier molecular flexibility index (Phi) is 1.59. The van der Waals surface area contributed by atoms with Crippen molar-refractivity contribution in [2.24, 2.45) is 5.73 Å². The minimum Gasteiger partial charge on any atom is -0.327 e. The topological polar surface area (TPSA) is 26.0 Å². The summed E-state index contributed by atoms with van der Waals surface area (Å²) in [6.45, 7) is 0. The van der Waals surface area contributed by atoms with Crippen LogP contribution in [0.5, 0.6) is 0 Å². The van der Waals surface area contributed by atoms with Gasteiger partial charge in [-0.2, -0.15) is 0 Å². The highest BCUT2D eigenvalue weighted by Crippen LogP contribution is 2.44. The van der Waals surface area contributed by atoms with Gasteiger partial charge in [-0.25, -0.2) is 0 Å². The maximum absolute atomic E-state index is 5.71. The lowest BCUT2D eigenvalue weighted by atomic mass is 10.3. The Bertz CT molecular complexity index is 246. The monoisotopic (exact) mass is 217 g/mol. The van der Waals surface area contributed by atoms with E-state index in [1.165, 1.54) is 15.8 Å². The minimum absolute atomic E-state index is 0.426. The number of halogens is 1. The first kappa shape index (κ1) is 6.83. The van der Waals surface area contributed by atoms with E-state index in [2.05, 4.69) is 27.4 Å². The smallest absolute Gasteiger partial charge is 0.0317 e. The molecule has 54 valence electrons. The Labute approximate surface area is 72.4 Å². The molecule has 1 aliphatic rings. The third kappa shape index (κ3) is 1.02. The van der Waals surface area contributed by atoms with Gasteiger partial charge in [0, 0.05) is 21.3 Å². The summed E-state index contributed by atoms with van der Waals surface area (Å²) in [6, 6.07) is 2.51. The molecule has 1 heterocycles. The van der Waals surface area contributed by atoms with E-state index >= 15 is 0 Å². The predicted molar refractivity (Wildman–Crippen MR) is 47.4 cm³/mol. The van der Waals surface area contributed by atoms with Crippen LogP contribution < -0.4 is 5.73 Å². The lowest BCUT2D eigenvalue weighted by Crippen LogP contribution is -1.99. The van der Waals surface area contributed by atoms with E-state index in [0.29, 0.717) is 12.0 Å². The van der Waals surface area contributed by atoms with Crippen LogP contribution in [0.1, 0.15) is 17.2 Å². The molecule has 0 bridgehead atoms. The van der Waals surface area contributed by atoms with E-state index in [1.807, 2.05) is 0 Å². The van der Waals surface area contributed by atoms with E-state index in [4.69, 9.17) is 5.73 Å². The van der Waals surface area contributed by atoms with Gasteiger partial charge in [-0.05, 0) is 33.8 Å². The number of nitrogens with two attached hydrogens (primary N) is 1. The maximum atomic E-state index is 5.71. The average Bonchev–Trinajstić information content (AvgIpc) is 2.42. The zero-order valence-electron chi connectivity index (χ0n) is 5.38. The molecule has 0 aliphatic heterocycles. The molecule has 0 amide bonds. The molecule has 10 heavy (non-hydrogen) atoms. The number of thiophene rings is 1. The molecule has 2 atom stereocenters. The zero-order chi connectivity index (χ0) is 7.14. The third-order valence-electron chi connectivity index (χ3n) is 1.82. The molecule has 0 saturated heterocycles. The summed E-state index contributed by atoms with van der Waals surface area (Å²) in [4.78, 5) is 1.42. The van der Waals surface area contributed by atoms with Crippen molar-refractivity contribution in [3.63, 3.8) is 0 Å². The van der Waals surface area contributed by atoms with Crippen molar-refractivity contribution in [1.29, 1.82) is 0 Å². The van der Waals surface area contributed by atoms with Gasteiger partial charge >= 0.3 is 0 Å². The summed E-state index contributed by atoms with van der Waals surface area (Å²) in [5.74, 6) is 0.648. The van der Waals surface area contributed by atoms with Crippen molar-refractivity contribution in [3.05, 3.63) is 20.8 Å². The van der Waals surface area contributed by atoms with Gasteiger partial charge in [0.1, 0.15) is 0 Å². The van der Waals surface area contributed by atoms with Crippen molar-refractivity contribution in [1.82, 2.24) is 0 Å². The van der Waals surface area contributed by atoms with Crippen molar-refractivity contribution >= 4 is 27.3 Å². The normalized spacial score (nSPS) is 30.6. The number of rotatable bonds is 1. The van der Waals surface area contributed by atoms with Crippen LogP contribution in [0, 0.1) is 0 Å². The second-order valence-corrected chi connectivity index (χ2v) is 4.44. The second kappa shape index (κ2) is 2.32. The first-order chi connectivity index (χ1) is 4.79. The van der Waals surface area contributed by atoms with Crippen molar-refractivity contribution in [2.75, 3.05) is 0 Å². The average molecular weight is 218 g/mol. The Balaban J connectivity index is 2.26. The molecule has 1 fully saturated rings. The highest BCUT2D eigenvalue weighted by Gasteiger charge is 2.36. The molecule has 2 N–H and O–H groups in total. The summed E-state index contributed by atoms with van der Waals surface area (Å²) in [5, 5.41) is 2.10. The molecule has 1 aliphatic carbocycles. The second-order valence-electron chi connectivity index (χ2n) is 2.64. The fraction of sp³-hybridized carbons (Fsp3) is 0.429. The Morgan fingerprint density at radius 2 is 2.40 bits per heavy atom. The highest BCUT2D eigenvalue weighted by molar-refractivity contribution is 9.10. The molecule has 1 saturated carbocycles. The van der Waals surface area contributed by atoms with Gasteiger partial charge in [-0.15, -0.1) is 11.3 Å². The van der Waals surface area contributed by atoms with Crippen molar-refractivity contribution in [2.45, 2.75) is 18.4 Å². The Morgan fingerprint density at radius 1 is 1.70 bits per heavy atom. The number of hydrogen-bond donors (Lipinski definition) is 1. The van der Waals surface area contributed by atoms with Gasteiger partial charge in [0.05, 0.1) is 0 Å². The first-order valence-corrected chi connectivity index (χ1v) is 4.95. The zero-order valence-corrected chi connectivity index (χ0v) is 7.78. The molecule has 0 aromatic carbocycles. The summed E-state index contributed by atoms with van der Waals surface area (Å²) in [7, 11) is 0. The van der Waals surface area contributed by atoms with Crippen LogP contribution >= 0.6 is 27.3 Å². The molecule has 1 nitrogen and oxygen atoms in total. The van der Waals surface area contributed by atoms with Crippen LogP contribution in [-0.2, 0) is 0 Å². The first-order valence-electron chi connectivity index (χ1n) is 3.27. The van der Waals surface area contributed by atoms with Gasteiger partial charge < -0.3 is 5.73 Å². The molecule has 0 spiro atoms. The molecule has 3 heteroatoms. The summed E-state index contributed by atoms with van der Waals surface area (Å²) in [5.41, 5.74) is 5.71. The van der Waals surface area contributed by atoms with Gasteiger partial charge in [0.25, 0.3) is 0 Å². The maximum Gasteiger partial charge on any atom is 0.0317 e. The standard InChI is InChI=1S/C7H8BrNS/c8-5-1-2-10-7(5)4-3-6(4)9/h1-2,4,6H,3,9H2/t4-,6-/m1/s1. The summed E-state index contributed by atoms with van der Waals surface area (Å²) < 4.78 is 1.23. The molecule has 2 rings (SSSR count). The summed E-state index contributed by atoms with van der Waals surface area (Å²) >= 11 is 5.29.